The minimum atomic E-state index is -0.760. The van der Waals surface area contributed by atoms with E-state index in [0.717, 1.165) is 24.6 Å². The molecule has 43 heavy (non-hydrogen) atoms. The molecule has 0 unspecified atom stereocenters. The molecule has 4 aliphatic rings. The number of hydrogen-bond donors (Lipinski definition) is 0. The summed E-state index contributed by atoms with van der Waals surface area (Å²) in [5, 5.41) is 22.6. The van der Waals surface area contributed by atoms with Gasteiger partial charge in [0.05, 0.1) is 21.5 Å². The predicted octanol–water partition coefficient (Wildman–Crippen LogP) is 9.01. The lowest BCUT2D eigenvalue weighted by Gasteiger charge is -2.55. The molecule has 8 atom stereocenters. The second-order valence-electron chi connectivity index (χ2n) is 14.5. The molecule has 1 aromatic rings. The summed E-state index contributed by atoms with van der Waals surface area (Å²) in [6.45, 7) is 14.2. The first-order valence-corrected chi connectivity index (χ1v) is 16.0. The third-order valence-corrected chi connectivity index (χ3v) is 11.8. The molecule has 8 heteroatoms. The zero-order valence-electron chi connectivity index (χ0n) is 26.4. The topological polar surface area (TPSA) is 113 Å². The Morgan fingerprint density at radius 2 is 1.58 bits per heavy atom. The van der Waals surface area contributed by atoms with Gasteiger partial charge in [-0.2, -0.15) is 0 Å². The highest BCUT2D eigenvalue weighted by molar-refractivity contribution is 5.91. The zero-order valence-corrected chi connectivity index (χ0v) is 26.4. The summed E-state index contributed by atoms with van der Waals surface area (Å²) in [5.41, 5.74) is 2.08. The van der Waals surface area contributed by atoms with Crippen molar-refractivity contribution >= 4 is 17.3 Å². The summed E-state index contributed by atoms with van der Waals surface area (Å²) >= 11 is 0. The number of hydrogen-bond acceptors (Lipinski definition) is 6. The van der Waals surface area contributed by atoms with Crippen LogP contribution in [-0.4, -0.2) is 21.9 Å². The Balaban J connectivity index is 1.31. The van der Waals surface area contributed by atoms with Crippen LogP contribution in [0.3, 0.4) is 0 Å². The van der Waals surface area contributed by atoms with Crippen LogP contribution in [0.5, 0.6) is 0 Å². The summed E-state index contributed by atoms with van der Waals surface area (Å²) < 4.78 is 5.80. The number of carbonyl (C=O) groups excluding carboxylic acids is 1. The summed E-state index contributed by atoms with van der Waals surface area (Å²) in [6, 6.07) is 2.95. The maximum Gasteiger partial charge on any atom is 0.338 e. The minimum Gasteiger partial charge on any atom is -0.458 e. The van der Waals surface area contributed by atoms with E-state index in [-0.39, 0.29) is 17.1 Å². The maximum absolute atomic E-state index is 13.0. The molecule has 0 bridgehead atoms. The molecule has 0 aromatic heterocycles. The normalized spacial score (nSPS) is 33.1. The minimum absolute atomic E-state index is 0.0228. The number of ether oxygens (including phenoxy) is 1. The lowest BCUT2D eigenvalue weighted by Crippen LogP contribution is -2.46. The average molecular weight is 591 g/mol. The van der Waals surface area contributed by atoms with Crippen LogP contribution >= 0.6 is 0 Å². The zero-order chi connectivity index (χ0) is 31.3. The van der Waals surface area contributed by atoms with Gasteiger partial charge in [-0.1, -0.05) is 77.0 Å². The van der Waals surface area contributed by atoms with Crippen LogP contribution in [0.25, 0.3) is 0 Å². The summed E-state index contributed by atoms with van der Waals surface area (Å²) in [6.07, 6.45) is 16.3. The SMILES string of the molecule is CC(C)[C@@H](C)/C=C/[C@@H](C)[C@@H]1CC[C@@H]2C3=CC=C4C[C@@H](OC(=O)c5cc([N+](=O)[O-])cc([N+](=O)[O-])c5)CC[C@@]4(C)[C@H]3CC[C@]21C. The Morgan fingerprint density at radius 1 is 0.907 bits per heavy atom. The van der Waals surface area contributed by atoms with Crippen molar-refractivity contribution in [2.24, 2.45) is 46.3 Å². The van der Waals surface area contributed by atoms with Crippen molar-refractivity contribution in [1.82, 2.24) is 0 Å². The molecule has 3 fully saturated rings. The van der Waals surface area contributed by atoms with Crippen molar-refractivity contribution in [3.63, 3.8) is 0 Å². The number of non-ortho nitro benzene ring substituents is 2. The highest BCUT2D eigenvalue weighted by Gasteiger charge is 2.57. The standard InChI is InChI=1S/C35H46N2O6/c1-21(2)22(3)7-8-23(4)30-11-12-31-29-10-9-25-19-28(13-15-34(25,5)32(29)14-16-35(30,31)6)43-33(38)24-17-26(36(39)40)20-27(18-24)37(41)42/h7-10,17-18,20-23,28,30-32H,11-16,19H2,1-6H3/b8-7+/t22-,23+,28-,30-,31+,32-,34+,35-/m0/s1. The Labute approximate surface area is 255 Å². The number of carbonyl (C=O) groups is 1. The van der Waals surface area contributed by atoms with E-state index in [0.29, 0.717) is 53.8 Å². The molecule has 0 aliphatic heterocycles. The fourth-order valence-corrected chi connectivity index (χ4v) is 8.82. The summed E-state index contributed by atoms with van der Waals surface area (Å²) in [5.74, 6) is 2.83. The molecule has 0 heterocycles. The molecule has 232 valence electrons. The number of benzene rings is 1. The van der Waals surface area contributed by atoms with E-state index in [1.54, 1.807) is 5.57 Å². The van der Waals surface area contributed by atoms with Gasteiger partial charge in [0.25, 0.3) is 11.4 Å². The van der Waals surface area contributed by atoms with Gasteiger partial charge in [0.15, 0.2) is 0 Å². The van der Waals surface area contributed by atoms with Crippen LogP contribution in [0.2, 0.25) is 0 Å². The predicted molar refractivity (Wildman–Crippen MR) is 166 cm³/mol. The number of nitro groups is 2. The first-order chi connectivity index (χ1) is 20.2. The van der Waals surface area contributed by atoms with Crippen molar-refractivity contribution in [2.75, 3.05) is 0 Å². The first kappa shape index (κ1) is 31.1. The number of nitro benzene ring substituents is 2. The monoisotopic (exact) mass is 590 g/mol. The molecule has 3 saturated carbocycles. The van der Waals surface area contributed by atoms with Gasteiger partial charge >= 0.3 is 5.97 Å². The molecule has 0 amide bonds. The molecule has 1 aromatic carbocycles. The largest absolute Gasteiger partial charge is 0.458 e. The Bertz CT molecular complexity index is 1360. The van der Waals surface area contributed by atoms with E-state index in [2.05, 4.69) is 65.8 Å². The Hall–Kier alpha value is -3.29. The van der Waals surface area contributed by atoms with Crippen LogP contribution < -0.4 is 0 Å². The van der Waals surface area contributed by atoms with Gasteiger partial charge in [0.2, 0.25) is 0 Å². The number of allylic oxidation sites excluding steroid dienone is 5. The van der Waals surface area contributed by atoms with Crippen molar-refractivity contribution in [2.45, 2.75) is 92.6 Å². The van der Waals surface area contributed by atoms with Crippen LogP contribution in [0.15, 0.2) is 53.6 Å². The third kappa shape index (κ3) is 5.69. The van der Waals surface area contributed by atoms with E-state index in [1.165, 1.54) is 31.3 Å². The molecule has 5 rings (SSSR count). The summed E-state index contributed by atoms with van der Waals surface area (Å²) in [7, 11) is 0. The molecule has 0 radical (unpaired) electrons. The molecule has 0 N–H and O–H groups in total. The maximum atomic E-state index is 13.0. The summed E-state index contributed by atoms with van der Waals surface area (Å²) in [4.78, 5) is 34.1. The lowest BCUT2D eigenvalue weighted by molar-refractivity contribution is -0.394. The quantitative estimate of drug-likeness (QED) is 0.129. The van der Waals surface area contributed by atoms with Crippen molar-refractivity contribution in [1.29, 1.82) is 0 Å². The lowest BCUT2D eigenvalue weighted by atomic mass is 9.50. The van der Waals surface area contributed by atoms with E-state index in [1.807, 2.05) is 0 Å². The number of esters is 1. The van der Waals surface area contributed by atoms with E-state index in [9.17, 15) is 25.0 Å². The van der Waals surface area contributed by atoms with Crippen LogP contribution in [-0.2, 0) is 4.74 Å². The Morgan fingerprint density at radius 3 is 2.21 bits per heavy atom. The average Bonchev–Trinajstić information content (AvgIpc) is 3.32. The van der Waals surface area contributed by atoms with E-state index in [4.69, 9.17) is 4.74 Å². The van der Waals surface area contributed by atoms with Crippen molar-refractivity contribution in [3.8, 4) is 0 Å². The van der Waals surface area contributed by atoms with Gasteiger partial charge < -0.3 is 4.74 Å². The van der Waals surface area contributed by atoms with Gasteiger partial charge in [-0.15, -0.1) is 0 Å². The fourth-order valence-electron chi connectivity index (χ4n) is 8.82. The van der Waals surface area contributed by atoms with Crippen molar-refractivity contribution < 1.29 is 19.4 Å². The molecule has 8 nitrogen and oxygen atoms in total. The molecular formula is C35H46N2O6. The van der Waals surface area contributed by atoms with Crippen LogP contribution in [0, 0.1) is 66.6 Å². The van der Waals surface area contributed by atoms with E-state index >= 15 is 0 Å². The van der Waals surface area contributed by atoms with Gasteiger partial charge in [-0.25, -0.2) is 4.79 Å². The first-order valence-electron chi connectivity index (χ1n) is 16.0. The van der Waals surface area contributed by atoms with E-state index < -0.39 is 27.2 Å². The molecular weight excluding hydrogens is 544 g/mol. The highest BCUT2D eigenvalue weighted by atomic mass is 16.6. The van der Waals surface area contributed by atoms with Crippen LogP contribution in [0.4, 0.5) is 11.4 Å². The third-order valence-electron chi connectivity index (χ3n) is 11.8. The van der Waals surface area contributed by atoms with Gasteiger partial charge in [0.1, 0.15) is 6.10 Å². The second-order valence-corrected chi connectivity index (χ2v) is 14.5. The number of rotatable bonds is 8. The number of nitrogens with zero attached hydrogens (tertiary/aromatic N) is 2. The Kier molecular flexibility index (Phi) is 8.45. The van der Waals surface area contributed by atoms with Gasteiger partial charge in [-0.3, -0.25) is 20.2 Å². The number of fused-ring (bicyclic) bond motifs is 5. The second kappa shape index (κ2) is 11.7. The fraction of sp³-hybridized carbons (Fsp3) is 0.629. The molecule has 0 saturated heterocycles. The van der Waals surface area contributed by atoms with Crippen LogP contribution in [0.1, 0.15) is 96.8 Å². The van der Waals surface area contributed by atoms with Gasteiger partial charge in [0, 0.05) is 18.6 Å². The highest BCUT2D eigenvalue weighted by Crippen LogP contribution is 2.66. The van der Waals surface area contributed by atoms with Gasteiger partial charge in [-0.05, 0) is 84.9 Å². The van der Waals surface area contributed by atoms with Crippen molar-refractivity contribution in [3.05, 3.63) is 79.4 Å². The molecule has 4 aliphatic carbocycles. The smallest absolute Gasteiger partial charge is 0.338 e. The molecule has 0 spiro atoms.